The second kappa shape index (κ2) is 11.6. The van der Waals surface area contributed by atoms with Crippen molar-refractivity contribution in [2.24, 2.45) is 0 Å². The maximum absolute atomic E-state index is 13.8. The largest absolute Gasteiger partial charge is 0.485 e. The highest BCUT2D eigenvalue weighted by molar-refractivity contribution is 6.31. The van der Waals surface area contributed by atoms with Gasteiger partial charge in [-0.1, -0.05) is 11.6 Å². The van der Waals surface area contributed by atoms with Gasteiger partial charge in [-0.2, -0.15) is 5.10 Å². The predicted octanol–water partition coefficient (Wildman–Crippen LogP) is 4.12. The van der Waals surface area contributed by atoms with Crippen molar-refractivity contribution in [2.75, 3.05) is 7.05 Å². The minimum absolute atomic E-state index is 0.0376. The first-order valence-electron chi connectivity index (χ1n) is 11.7. The Labute approximate surface area is 222 Å². The van der Waals surface area contributed by atoms with E-state index >= 15 is 0 Å². The Kier molecular flexibility index (Phi) is 8.28. The van der Waals surface area contributed by atoms with Crippen molar-refractivity contribution in [3.63, 3.8) is 0 Å². The van der Waals surface area contributed by atoms with Crippen LogP contribution in [0.5, 0.6) is 5.75 Å². The summed E-state index contributed by atoms with van der Waals surface area (Å²) in [5.74, 6) is -1.25. The van der Waals surface area contributed by atoms with E-state index in [-0.39, 0.29) is 28.8 Å². The van der Waals surface area contributed by atoms with E-state index in [2.05, 4.69) is 20.4 Å². The van der Waals surface area contributed by atoms with Gasteiger partial charge in [-0.15, -0.1) is 0 Å². The number of nitrogens with one attached hydrogen (secondary N) is 1. The zero-order valence-electron chi connectivity index (χ0n) is 20.9. The molecule has 1 fully saturated rings. The first-order valence-corrected chi connectivity index (χ1v) is 12.1. The van der Waals surface area contributed by atoms with Crippen LogP contribution in [0.2, 0.25) is 5.02 Å². The van der Waals surface area contributed by atoms with Crippen molar-refractivity contribution in [3.8, 4) is 17.3 Å². The van der Waals surface area contributed by atoms with E-state index in [1.54, 1.807) is 32.3 Å². The summed E-state index contributed by atoms with van der Waals surface area (Å²) in [6.07, 6.45) is 7.43. The highest BCUT2D eigenvalue weighted by atomic mass is 35.5. The van der Waals surface area contributed by atoms with Crippen LogP contribution in [0.15, 0.2) is 47.7 Å². The Morgan fingerprint density at radius 1 is 1.18 bits per heavy atom. The first kappa shape index (κ1) is 27.1. The van der Waals surface area contributed by atoms with Crippen LogP contribution in [0.25, 0.3) is 11.5 Å². The fourth-order valence-corrected chi connectivity index (χ4v) is 3.74. The summed E-state index contributed by atoms with van der Waals surface area (Å²) >= 11 is 6.28. The number of aldehydes is 1. The Morgan fingerprint density at radius 2 is 1.95 bits per heavy atom. The lowest BCUT2D eigenvalue weighted by molar-refractivity contribution is 0.111. The van der Waals surface area contributed by atoms with Gasteiger partial charge in [-0.05, 0) is 45.4 Å². The number of hydrogen-bond donors (Lipinski definition) is 1. The van der Waals surface area contributed by atoms with Crippen molar-refractivity contribution in [2.45, 2.75) is 39.3 Å². The topological polar surface area (TPSA) is 104 Å². The molecule has 0 atom stereocenters. The van der Waals surface area contributed by atoms with Gasteiger partial charge in [-0.3, -0.25) is 19.1 Å². The number of carbonyl (C=O) groups is 1. The number of ether oxygens (including phenoxy) is 1. The molecule has 1 saturated carbocycles. The standard InChI is InChI=1S/C22H16ClF2N5O3.C4H9N/c1-12-8-27-20(29-4-3-15(10-31)28-29)7-18(12)30-13(2)5-19(21(23)22(30)32)33-11-17-16(25)6-14(24)9-26-17;1-5-4-2-3-4/h3-10H,11H2,1-2H3;4-5H,2-3H2,1H3. The lowest BCUT2D eigenvalue weighted by Crippen LogP contribution is -2.23. The van der Waals surface area contributed by atoms with Gasteiger partial charge in [0.15, 0.2) is 17.9 Å². The third-order valence-electron chi connectivity index (χ3n) is 5.80. The lowest BCUT2D eigenvalue weighted by Gasteiger charge is -2.16. The Hall–Kier alpha value is -3.96. The molecule has 0 bridgehead atoms. The highest BCUT2D eigenvalue weighted by Crippen LogP contribution is 2.26. The molecule has 1 aliphatic rings. The summed E-state index contributed by atoms with van der Waals surface area (Å²) in [4.78, 5) is 32.0. The number of nitrogens with zero attached hydrogens (tertiary/aromatic N) is 5. The van der Waals surface area contributed by atoms with Crippen molar-refractivity contribution in [1.29, 1.82) is 0 Å². The molecule has 0 spiro atoms. The summed E-state index contributed by atoms with van der Waals surface area (Å²) in [6.45, 7) is 3.12. The molecule has 12 heteroatoms. The molecule has 0 unspecified atom stereocenters. The summed E-state index contributed by atoms with van der Waals surface area (Å²) < 4.78 is 35.2. The lowest BCUT2D eigenvalue weighted by atomic mass is 10.2. The van der Waals surface area contributed by atoms with Crippen LogP contribution in [0.1, 0.15) is 40.3 Å². The average Bonchev–Trinajstić information content (AvgIpc) is 3.63. The van der Waals surface area contributed by atoms with Crippen LogP contribution in [-0.4, -0.2) is 43.7 Å². The molecular weight excluding hydrogens is 518 g/mol. The second-order valence-corrected chi connectivity index (χ2v) is 9.05. The van der Waals surface area contributed by atoms with Crippen molar-refractivity contribution in [1.82, 2.24) is 29.6 Å². The molecule has 0 amide bonds. The van der Waals surface area contributed by atoms with Gasteiger partial charge >= 0.3 is 0 Å². The van der Waals surface area contributed by atoms with Gasteiger partial charge in [0.25, 0.3) is 5.56 Å². The third kappa shape index (κ3) is 6.12. The van der Waals surface area contributed by atoms with Crippen LogP contribution < -0.4 is 15.6 Å². The Bertz CT molecular complexity index is 1530. The zero-order chi connectivity index (χ0) is 27.4. The van der Waals surface area contributed by atoms with Crippen LogP contribution in [-0.2, 0) is 6.61 Å². The van der Waals surface area contributed by atoms with E-state index in [0.29, 0.717) is 35.1 Å². The number of aromatic nitrogens is 5. The molecular formula is C26H25ClF2N6O3. The molecule has 4 heterocycles. The predicted molar refractivity (Wildman–Crippen MR) is 137 cm³/mol. The molecule has 38 heavy (non-hydrogen) atoms. The normalized spacial score (nSPS) is 12.6. The van der Waals surface area contributed by atoms with Crippen LogP contribution >= 0.6 is 11.6 Å². The summed E-state index contributed by atoms with van der Waals surface area (Å²) in [7, 11) is 2.01. The maximum atomic E-state index is 13.8. The number of aryl methyl sites for hydroxylation is 2. The number of hydrogen-bond acceptors (Lipinski definition) is 7. The summed E-state index contributed by atoms with van der Waals surface area (Å²) in [6, 6.07) is 6.28. The smallest absolute Gasteiger partial charge is 0.277 e. The fourth-order valence-electron chi connectivity index (χ4n) is 3.55. The fraction of sp³-hybridized carbons (Fsp3) is 0.269. The van der Waals surface area contributed by atoms with Gasteiger partial charge in [-0.25, -0.2) is 18.4 Å². The molecule has 1 aliphatic carbocycles. The molecule has 0 saturated heterocycles. The van der Waals surface area contributed by atoms with Gasteiger partial charge < -0.3 is 10.1 Å². The maximum Gasteiger partial charge on any atom is 0.277 e. The zero-order valence-corrected chi connectivity index (χ0v) is 21.7. The molecule has 198 valence electrons. The molecule has 4 aromatic rings. The Morgan fingerprint density at radius 3 is 2.55 bits per heavy atom. The van der Waals surface area contributed by atoms with Crippen LogP contribution in [0.3, 0.4) is 0 Å². The average molecular weight is 543 g/mol. The van der Waals surface area contributed by atoms with E-state index in [9.17, 15) is 18.4 Å². The van der Waals surface area contributed by atoms with E-state index in [4.69, 9.17) is 16.3 Å². The van der Waals surface area contributed by atoms with Gasteiger partial charge in [0, 0.05) is 42.3 Å². The molecule has 4 aromatic heterocycles. The minimum atomic E-state index is -0.868. The van der Waals surface area contributed by atoms with E-state index in [0.717, 1.165) is 12.2 Å². The molecule has 9 nitrogen and oxygen atoms in total. The molecule has 0 radical (unpaired) electrons. The molecule has 1 N–H and O–H groups in total. The quantitative estimate of drug-likeness (QED) is 0.350. The number of rotatable bonds is 7. The molecule has 5 rings (SSSR count). The van der Waals surface area contributed by atoms with E-state index < -0.39 is 17.2 Å². The van der Waals surface area contributed by atoms with Gasteiger partial charge in [0.05, 0.1) is 11.9 Å². The highest BCUT2D eigenvalue weighted by Gasteiger charge is 2.18. The first-order chi connectivity index (χ1) is 18.2. The van der Waals surface area contributed by atoms with Crippen molar-refractivity contribution in [3.05, 3.63) is 92.5 Å². The van der Waals surface area contributed by atoms with E-state index in [1.165, 1.54) is 34.2 Å². The SMILES string of the molecule is CNC1CC1.Cc1cnc(-n2ccc(C=O)n2)cc1-n1c(C)cc(OCc2ncc(F)cc2F)c(Cl)c1=O. The number of halogens is 3. The van der Waals surface area contributed by atoms with Crippen LogP contribution in [0, 0.1) is 25.5 Å². The molecule has 0 aliphatic heterocycles. The minimum Gasteiger partial charge on any atom is -0.485 e. The van der Waals surface area contributed by atoms with Crippen LogP contribution in [0.4, 0.5) is 8.78 Å². The monoisotopic (exact) mass is 542 g/mol. The van der Waals surface area contributed by atoms with Gasteiger partial charge in [0.1, 0.15) is 34.6 Å². The number of pyridine rings is 3. The van der Waals surface area contributed by atoms with E-state index in [1.807, 2.05) is 7.05 Å². The second-order valence-electron chi connectivity index (χ2n) is 8.67. The Balaban J connectivity index is 0.000000603. The third-order valence-corrected chi connectivity index (χ3v) is 6.15. The van der Waals surface area contributed by atoms with Gasteiger partial charge in [0.2, 0.25) is 0 Å². The number of carbonyl (C=O) groups excluding carboxylic acids is 1. The molecule has 0 aromatic carbocycles. The van der Waals surface area contributed by atoms with Crippen molar-refractivity contribution >= 4 is 17.9 Å². The summed E-state index contributed by atoms with van der Waals surface area (Å²) in [5.41, 5.74) is 1.23. The summed E-state index contributed by atoms with van der Waals surface area (Å²) in [5, 5.41) is 7.02. The van der Waals surface area contributed by atoms with Crippen molar-refractivity contribution < 1.29 is 18.3 Å².